The first-order chi connectivity index (χ1) is 14.4. The van der Waals surface area contributed by atoms with Crippen molar-refractivity contribution < 1.29 is 9.21 Å². The van der Waals surface area contributed by atoms with Crippen LogP contribution in [0.3, 0.4) is 0 Å². The first-order valence-corrected chi connectivity index (χ1v) is 11.7. The number of benzene rings is 1. The van der Waals surface area contributed by atoms with E-state index in [1.54, 1.807) is 18.2 Å². The summed E-state index contributed by atoms with van der Waals surface area (Å²) in [6.45, 7) is 2.20. The third-order valence-electron chi connectivity index (χ3n) is 7.61. The zero-order chi connectivity index (χ0) is 20.9. The lowest BCUT2D eigenvalue weighted by atomic mass is 9.48. The summed E-state index contributed by atoms with van der Waals surface area (Å²) in [4.78, 5) is 12.6. The number of hydrogen-bond acceptors (Lipinski definition) is 2. The normalized spacial score (nSPS) is 30.7. The van der Waals surface area contributed by atoms with Gasteiger partial charge in [-0.1, -0.05) is 29.3 Å². The molecular formula is C25H27Cl2NO2. The fourth-order valence-electron chi connectivity index (χ4n) is 6.56. The Bertz CT molecular complexity index is 958. The molecule has 5 heteroatoms. The van der Waals surface area contributed by atoms with Crippen molar-refractivity contribution in [3.8, 4) is 11.3 Å². The number of hydrogen-bond donors (Lipinski definition) is 1. The summed E-state index contributed by atoms with van der Waals surface area (Å²) in [5.74, 6) is 3.82. The van der Waals surface area contributed by atoms with Crippen molar-refractivity contribution in [1.29, 1.82) is 0 Å². The van der Waals surface area contributed by atoms with Crippen LogP contribution in [0.1, 0.15) is 51.2 Å². The van der Waals surface area contributed by atoms with Crippen LogP contribution >= 0.6 is 23.2 Å². The molecule has 1 heterocycles. The minimum Gasteiger partial charge on any atom is -0.457 e. The van der Waals surface area contributed by atoms with Crippen LogP contribution in [0.25, 0.3) is 17.4 Å². The third-order valence-corrected chi connectivity index (χ3v) is 8.42. The molecule has 4 aliphatic rings. The summed E-state index contributed by atoms with van der Waals surface area (Å²) >= 11 is 12.4. The van der Waals surface area contributed by atoms with E-state index in [0.29, 0.717) is 27.0 Å². The predicted octanol–water partition coefficient (Wildman–Crippen LogP) is 6.99. The summed E-state index contributed by atoms with van der Waals surface area (Å²) in [7, 11) is 0. The van der Waals surface area contributed by atoms with Gasteiger partial charge in [0, 0.05) is 17.7 Å². The number of furan rings is 1. The Kier molecular flexibility index (Phi) is 5.23. The van der Waals surface area contributed by atoms with Crippen molar-refractivity contribution in [2.45, 2.75) is 51.5 Å². The van der Waals surface area contributed by atoms with Gasteiger partial charge in [-0.25, -0.2) is 0 Å². The highest BCUT2D eigenvalue weighted by molar-refractivity contribution is 6.43. The second-order valence-corrected chi connectivity index (χ2v) is 10.4. The number of halogens is 2. The quantitative estimate of drug-likeness (QED) is 0.505. The van der Waals surface area contributed by atoms with Crippen LogP contribution in [0, 0.1) is 23.2 Å². The molecule has 0 saturated heterocycles. The summed E-state index contributed by atoms with van der Waals surface area (Å²) in [5.41, 5.74) is 1.04. The van der Waals surface area contributed by atoms with Crippen molar-refractivity contribution in [2.24, 2.45) is 23.2 Å². The average Bonchev–Trinajstić information content (AvgIpc) is 3.16. The Labute approximate surface area is 187 Å². The fraction of sp³-hybridized carbons (Fsp3) is 0.480. The number of rotatable bonds is 5. The Morgan fingerprint density at radius 1 is 1.10 bits per heavy atom. The molecule has 4 aliphatic carbocycles. The minimum absolute atomic E-state index is 0.0583. The van der Waals surface area contributed by atoms with Gasteiger partial charge in [0.2, 0.25) is 5.91 Å². The van der Waals surface area contributed by atoms with Gasteiger partial charge in [-0.15, -0.1) is 0 Å². The molecule has 1 N–H and O–H groups in total. The van der Waals surface area contributed by atoms with Gasteiger partial charge in [0.05, 0.1) is 10.0 Å². The van der Waals surface area contributed by atoms with Gasteiger partial charge in [-0.05, 0) is 99.0 Å². The van der Waals surface area contributed by atoms with E-state index in [4.69, 9.17) is 27.6 Å². The van der Waals surface area contributed by atoms with Crippen LogP contribution in [0.4, 0.5) is 0 Å². The van der Waals surface area contributed by atoms with E-state index in [1.165, 1.54) is 38.5 Å². The van der Waals surface area contributed by atoms with Crippen molar-refractivity contribution in [3.63, 3.8) is 0 Å². The molecular weight excluding hydrogens is 417 g/mol. The van der Waals surface area contributed by atoms with Crippen molar-refractivity contribution >= 4 is 35.2 Å². The molecule has 158 valence electrons. The van der Waals surface area contributed by atoms with Gasteiger partial charge in [-0.2, -0.15) is 0 Å². The largest absolute Gasteiger partial charge is 0.457 e. The van der Waals surface area contributed by atoms with Crippen LogP contribution in [-0.4, -0.2) is 11.9 Å². The number of amides is 1. The van der Waals surface area contributed by atoms with E-state index in [0.717, 1.165) is 23.3 Å². The SMILES string of the molecule is CC(NC(=O)C=Cc1ccc(-c2cccc(Cl)c2Cl)o1)C12CC3CC(CC(C3)C1)C2. The molecule has 0 radical (unpaired) electrons. The van der Waals surface area contributed by atoms with E-state index >= 15 is 0 Å². The lowest BCUT2D eigenvalue weighted by Gasteiger charge is -2.59. The monoisotopic (exact) mass is 443 g/mol. The van der Waals surface area contributed by atoms with Crippen LogP contribution in [-0.2, 0) is 4.79 Å². The molecule has 1 aromatic heterocycles. The molecule has 1 aromatic carbocycles. The van der Waals surface area contributed by atoms with Gasteiger partial charge in [-0.3, -0.25) is 4.79 Å². The molecule has 30 heavy (non-hydrogen) atoms. The van der Waals surface area contributed by atoms with Gasteiger partial charge in [0.15, 0.2) is 0 Å². The molecule has 4 bridgehead atoms. The highest BCUT2D eigenvalue weighted by Crippen LogP contribution is 2.61. The topological polar surface area (TPSA) is 42.2 Å². The molecule has 1 unspecified atom stereocenters. The fourth-order valence-corrected chi connectivity index (χ4v) is 6.96. The van der Waals surface area contributed by atoms with Crippen molar-refractivity contribution in [1.82, 2.24) is 5.32 Å². The Hall–Kier alpha value is -1.71. The maximum atomic E-state index is 12.6. The zero-order valence-electron chi connectivity index (χ0n) is 17.2. The summed E-state index contributed by atoms with van der Waals surface area (Å²) in [6.07, 6.45) is 11.4. The maximum absolute atomic E-state index is 12.6. The first kappa shape index (κ1) is 20.2. The van der Waals surface area contributed by atoms with Gasteiger partial charge in [0.1, 0.15) is 11.5 Å². The molecule has 0 spiro atoms. The second kappa shape index (κ2) is 7.76. The molecule has 1 amide bonds. The van der Waals surface area contributed by atoms with E-state index in [2.05, 4.69) is 12.2 Å². The van der Waals surface area contributed by atoms with Crippen LogP contribution in [0.15, 0.2) is 40.8 Å². The number of nitrogens with one attached hydrogen (secondary N) is 1. The molecule has 4 saturated carbocycles. The Morgan fingerprint density at radius 3 is 2.43 bits per heavy atom. The minimum atomic E-state index is -0.0583. The molecule has 0 aliphatic heterocycles. The zero-order valence-corrected chi connectivity index (χ0v) is 18.7. The van der Waals surface area contributed by atoms with Crippen LogP contribution in [0.2, 0.25) is 10.0 Å². The maximum Gasteiger partial charge on any atom is 0.244 e. The van der Waals surface area contributed by atoms with E-state index < -0.39 is 0 Å². The lowest BCUT2D eigenvalue weighted by molar-refractivity contribution is -0.121. The molecule has 2 aromatic rings. The van der Waals surface area contributed by atoms with Gasteiger partial charge >= 0.3 is 0 Å². The standard InChI is InChI=1S/C25H27Cl2NO2/c1-15(25-12-16-9-17(13-25)11-18(10-16)14-25)28-23(29)8-6-19-5-7-22(30-19)20-3-2-4-21(26)24(20)27/h2-8,15-18H,9-14H2,1H3,(H,28,29). The third kappa shape index (κ3) is 3.71. The molecule has 6 rings (SSSR count). The van der Waals surface area contributed by atoms with Crippen molar-refractivity contribution in [3.05, 3.63) is 52.2 Å². The first-order valence-electron chi connectivity index (χ1n) is 10.9. The van der Waals surface area contributed by atoms with Crippen LogP contribution < -0.4 is 5.32 Å². The van der Waals surface area contributed by atoms with Gasteiger partial charge in [0.25, 0.3) is 0 Å². The van der Waals surface area contributed by atoms with E-state index in [-0.39, 0.29) is 11.9 Å². The summed E-state index contributed by atoms with van der Waals surface area (Å²) < 4.78 is 5.85. The Balaban J connectivity index is 1.24. The van der Waals surface area contributed by atoms with E-state index in [9.17, 15) is 4.79 Å². The molecule has 3 nitrogen and oxygen atoms in total. The Morgan fingerprint density at radius 2 is 1.77 bits per heavy atom. The van der Waals surface area contributed by atoms with Crippen LogP contribution in [0.5, 0.6) is 0 Å². The smallest absolute Gasteiger partial charge is 0.244 e. The molecule has 1 atom stereocenters. The predicted molar refractivity (Wildman–Crippen MR) is 121 cm³/mol. The second-order valence-electron chi connectivity index (χ2n) is 9.65. The average molecular weight is 444 g/mol. The summed E-state index contributed by atoms with van der Waals surface area (Å²) in [5, 5.41) is 4.21. The van der Waals surface area contributed by atoms with E-state index in [1.807, 2.05) is 24.3 Å². The number of carbonyl (C=O) groups is 1. The van der Waals surface area contributed by atoms with Crippen molar-refractivity contribution in [2.75, 3.05) is 0 Å². The summed E-state index contributed by atoms with van der Waals surface area (Å²) in [6, 6.07) is 9.32. The highest BCUT2D eigenvalue weighted by Gasteiger charge is 2.53. The lowest BCUT2D eigenvalue weighted by Crippen LogP contribution is -2.55. The highest BCUT2D eigenvalue weighted by atomic mass is 35.5. The van der Waals surface area contributed by atoms with Gasteiger partial charge < -0.3 is 9.73 Å². The molecule has 4 fully saturated rings. The number of carbonyl (C=O) groups excluding carboxylic acids is 1.